The van der Waals surface area contributed by atoms with Gasteiger partial charge in [0.05, 0.1) is 23.4 Å². The Morgan fingerprint density at radius 1 is 1.25 bits per heavy atom. The summed E-state index contributed by atoms with van der Waals surface area (Å²) in [5, 5.41) is 10.9. The molecule has 28 heavy (non-hydrogen) atoms. The highest BCUT2D eigenvalue weighted by Gasteiger charge is 2.23. The Labute approximate surface area is 162 Å². The van der Waals surface area contributed by atoms with Gasteiger partial charge in [0, 0.05) is 12.1 Å². The Hall–Kier alpha value is -3.37. The normalized spacial score (nSPS) is 18.9. The fourth-order valence-corrected chi connectivity index (χ4v) is 2.88. The fraction of sp³-hybridized carbons (Fsp3) is 0.176. The summed E-state index contributed by atoms with van der Waals surface area (Å²) in [6.45, 7) is 0.123. The largest absolute Gasteiger partial charge is 0.452 e. The van der Waals surface area contributed by atoms with Crippen LogP contribution in [0, 0.1) is 10.1 Å². The van der Waals surface area contributed by atoms with Crippen molar-refractivity contribution in [3.8, 4) is 0 Å². The number of benzene rings is 1. The van der Waals surface area contributed by atoms with Gasteiger partial charge in [-0.05, 0) is 24.3 Å². The zero-order valence-electron chi connectivity index (χ0n) is 14.1. The maximum absolute atomic E-state index is 12.2. The Morgan fingerprint density at radius 3 is 2.71 bits per heavy atom. The number of ether oxygens (including phenoxy) is 2. The Morgan fingerprint density at radius 2 is 2.04 bits per heavy atom. The predicted octanol–water partition coefficient (Wildman–Crippen LogP) is 2.70. The molecular formula is C17H12ClN5O5. The fourth-order valence-electron chi connectivity index (χ4n) is 2.70. The van der Waals surface area contributed by atoms with Crippen molar-refractivity contribution in [2.45, 2.75) is 12.3 Å². The van der Waals surface area contributed by atoms with E-state index in [4.69, 9.17) is 21.1 Å². The number of imidazole rings is 1. The van der Waals surface area contributed by atoms with Gasteiger partial charge < -0.3 is 9.47 Å². The number of carbonyl (C=O) groups excluding carboxylic acids is 1. The van der Waals surface area contributed by atoms with Gasteiger partial charge in [-0.3, -0.25) is 14.7 Å². The number of hydrogen-bond donors (Lipinski definition) is 0. The Bertz CT molecular complexity index is 1080. The van der Waals surface area contributed by atoms with E-state index < -0.39 is 23.2 Å². The van der Waals surface area contributed by atoms with Gasteiger partial charge in [0.1, 0.15) is 17.9 Å². The van der Waals surface area contributed by atoms with Crippen LogP contribution in [0.1, 0.15) is 16.6 Å². The lowest BCUT2D eigenvalue weighted by atomic mass is 10.2. The van der Waals surface area contributed by atoms with Crippen molar-refractivity contribution < 1.29 is 19.2 Å². The van der Waals surface area contributed by atoms with Crippen molar-refractivity contribution >= 4 is 34.4 Å². The maximum atomic E-state index is 12.2. The third kappa shape index (κ3) is 3.42. The Balaban J connectivity index is 1.44. The van der Waals surface area contributed by atoms with Gasteiger partial charge in [0.15, 0.2) is 17.0 Å². The van der Waals surface area contributed by atoms with E-state index in [2.05, 4.69) is 15.0 Å². The average Bonchev–Trinajstić information content (AvgIpc) is 3.14. The van der Waals surface area contributed by atoms with Gasteiger partial charge in [-0.25, -0.2) is 19.7 Å². The van der Waals surface area contributed by atoms with E-state index in [1.165, 1.54) is 30.6 Å². The summed E-state index contributed by atoms with van der Waals surface area (Å²) in [6.07, 6.45) is 5.23. The number of halogens is 1. The topological polar surface area (TPSA) is 122 Å². The third-order valence-electron chi connectivity index (χ3n) is 4.08. The van der Waals surface area contributed by atoms with E-state index in [0.29, 0.717) is 11.2 Å². The molecule has 1 aliphatic heterocycles. The van der Waals surface area contributed by atoms with Crippen LogP contribution in [0.4, 0.5) is 5.69 Å². The van der Waals surface area contributed by atoms with Gasteiger partial charge in [-0.15, -0.1) is 0 Å². The van der Waals surface area contributed by atoms with Gasteiger partial charge in [0.2, 0.25) is 0 Å². The van der Waals surface area contributed by atoms with Crippen LogP contribution in [0.3, 0.4) is 0 Å². The van der Waals surface area contributed by atoms with Gasteiger partial charge in [-0.2, -0.15) is 0 Å². The van der Waals surface area contributed by atoms with E-state index in [1.54, 1.807) is 23.0 Å². The quantitative estimate of drug-likeness (QED) is 0.215. The summed E-state index contributed by atoms with van der Waals surface area (Å²) in [5.74, 6) is -0.598. The van der Waals surface area contributed by atoms with Crippen LogP contribution in [0.15, 0.2) is 49.1 Å². The molecule has 0 amide bonds. The predicted molar refractivity (Wildman–Crippen MR) is 96.8 cm³/mol. The maximum Gasteiger partial charge on any atom is 0.338 e. The molecule has 3 aromatic rings. The molecule has 1 aromatic carbocycles. The minimum absolute atomic E-state index is 0.100. The van der Waals surface area contributed by atoms with Crippen molar-refractivity contribution in [3.05, 3.63) is 69.9 Å². The molecule has 0 spiro atoms. The molecule has 0 radical (unpaired) electrons. The van der Waals surface area contributed by atoms with Gasteiger partial charge in [0.25, 0.3) is 5.69 Å². The monoisotopic (exact) mass is 401 g/mol. The number of rotatable bonds is 4. The number of nitro groups is 1. The summed E-state index contributed by atoms with van der Waals surface area (Å²) in [4.78, 5) is 34.5. The highest BCUT2D eigenvalue weighted by Crippen LogP contribution is 2.24. The van der Waals surface area contributed by atoms with Gasteiger partial charge >= 0.3 is 5.97 Å². The molecule has 3 heterocycles. The molecule has 0 fully saturated rings. The molecule has 2 aromatic heterocycles. The molecule has 2 atom stereocenters. The molecule has 1 aliphatic rings. The standard InChI is InChI=1S/C17H12ClN5O5/c18-15-14-16(20-8-19-15)22(9-21-14)13-6-5-12(7-27-13)28-17(24)10-1-3-11(4-2-10)23(25)26/h1-6,8-9,12-13H,7H2/t12-,13+/m0/s1. The highest BCUT2D eigenvalue weighted by atomic mass is 35.5. The minimum atomic E-state index is -0.598. The number of esters is 1. The number of carbonyl (C=O) groups is 1. The number of non-ortho nitro benzene ring substituents is 1. The first kappa shape index (κ1) is 18.0. The zero-order valence-corrected chi connectivity index (χ0v) is 14.9. The molecule has 0 bridgehead atoms. The van der Waals surface area contributed by atoms with Crippen LogP contribution in [0.5, 0.6) is 0 Å². The number of nitro benzene ring substituents is 1. The summed E-state index contributed by atoms with van der Waals surface area (Å²) in [6, 6.07) is 5.18. The molecular weight excluding hydrogens is 390 g/mol. The van der Waals surface area contributed by atoms with Crippen LogP contribution in [0.2, 0.25) is 5.15 Å². The number of hydrogen-bond acceptors (Lipinski definition) is 8. The molecule has 10 nitrogen and oxygen atoms in total. The van der Waals surface area contributed by atoms with Crippen molar-refractivity contribution in [1.82, 2.24) is 19.5 Å². The minimum Gasteiger partial charge on any atom is -0.452 e. The van der Waals surface area contributed by atoms with E-state index in [0.717, 1.165) is 0 Å². The molecule has 0 N–H and O–H groups in total. The van der Waals surface area contributed by atoms with Crippen LogP contribution in [-0.4, -0.2) is 43.1 Å². The van der Waals surface area contributed by atoms with E-state index in [-0.39, 0.29) is 23.0 Å². The number of fused-ring (bicyclic) bond motifs is 1. The van der Waals surface area contributed by atoms with Crippen LogP contribution in [-0.2, 0) is 9.47 Å². The summed E-state index contributed by atoms with van der Waals surface area (Å²) in [5.41, 5.74) is 1.11. The summed E-state index contributed by atoms with van der Waals surface area (Å²) >= 11 is 5.99. The van der Waals surface area contributed by atoms with E-state index in [1.807, 2.05) is 0 Å². The average molecular weight is 402 g/mol. The van der Waals surface area contributed by atoms with E-state index in [9.17, 15) is 14.9 Å². The van der Waals surface area contributed by atoms with Crippen LogP contribution in [0.25, 0.3) is 11.2 Å². The third-order valence-corrected chi connectivity index (χ3v) is 4.36. The molecule has 0 aliphatic carbocycles. The first-order valence-corrected chi connectivity index (χ1v) is 8.49. The molecule has 0 saturated carbocycles. The first-order chi connectivity index (χ1) is 13.5. The lowest BCUT2D eigenvalue weighted by Gasteiger charge is -2.24. The lowest BCUT2D eigenvalue weighted by Crippen LogP contribution is -2.27. The van der Waals surface area contributed by atoms with E-state index >= 15 is 0 Å². The summed E-state index contributed by atoms with van der Waals surface area (Å²) < 4.78 is 12.8. The SMILES string of the molecule is O=C(O[C@H]1C=C[C@H](n2cnc3c(Cl)ncnc32)OC1)c1ccc([N+](=O)[O-])cc1. The molecule has 11 heteroatoms. The smallest absolute Gasteiger partial charge is 0.338 e. The molecule has 4 rings (SSSR count). The lowest BCUT2D eigenvalue weighted by molar-refractivity contribution is -0.384. The molecule has 0 unspecified atom stereocenters. The molecule has 0 saturated heterocycles. The van der Waals surface area contributed by atoms with Gasteiger partial charge in [-0.1, -0.05) is 11.6 Å². The number of nitrogens with zero attached hydrogens (tertiary/aromatic N) is 5. The van der Waals surface area contributed by atoms with Crippen molar-refractivity contribution in [1.29, 1.82) is 0 Å². The summed E-state index contributed by atoms with van der Waals surface area (Å²) in [7, 11) is 0. The van der Waals surface area contributed by atoms with Crippen molar-refractivity contribution in [3.63, 3.8) is 0 Å². The first-order valence-electron chi connectivity index (χ1n) is 8.11. The zero-order chi connectivity index (χ0) is 19.7. The molecule has 142 valence electrons. The highest BCUT2D eigenvalue weighted by molar-refractivity contribution is 6.33. The number of aromatic nitrogens is 4. The van der Waals surface area contributed by atoms with Crippen molar-refractivity contribution in [2.24, 2.45) is 0 Å². The van der Waals surface area contributed by atoms with Crippen molar-refractivity contribution in [2.75, 3.05) is 6.61 Å². The van der Waals surface area contributed by atoms with Crippen LogP contribution < -0.4 is 0 Å². The second kappa shape index (κ2) is 7.33. The van der Waals surface area contributed by atoms with Crippen LogP contribution >= 0.6 is 11.6 Å². The second-order valence-corrected chi connectivity index (χ2v) is 6.20. The second-order valence-electron chi connectivity index (χ2n) is 5.85. The Kier molecular flexibility index (Phi) is 4.72.